The van der Waals surface area contributed by atoms with Crippen molar-refractivity contribution in [1.82, 2.24) is 0 Å². The summed E-state index contributed by atoms with van der Waals surface area (Å²) in [4.78, 5) is 14.7. The first kappa shape index (κ1) is 17.6. The molecular formula is C19H24BNO5. The molecule has 0 bridgehead atoms. The Kier molecular flexibility index (Phi) is 4.13. The van der Waals surface area contributed by atoms with Gasteiger partial charge in [-0.25, -0.2) is 0 Å². The number of ether oxygens (including phenoxy) is 1. The molecule has 0 atom stereocenters. The number of rotatable bonds is 2. The molecule has 2 aliphatic heterocycles. The molecule has 2 saturated heterocycles. The molecule has 2 fully saturated rings. The van der Waals surface area contributed by atoms with Crippen LogP contribution in [0.3, 0.4) is 0 Å². The van der Waals surface area contributed by atoms with E-state index in [2.05, 4.69) is 0 Å². The lowest BCUT2D eigenvalue weighted by Crippen LogP contribution is -2.41. The van der Waals surface area contributed by atoms with Crippen molar-refractivity contribution >= 4 is 29.4 Å². The zero-order chi connectivity index (χ0) is 18.5. The van der Waals surface area contributed by atoms with Gasteiger partial charge in [0.1, 0.15) is 5.58 Å². The van der Waals surface area contributed by atoms with Gasteiger partial charge in [-0.3, -0.25) is 4.79 Å². The number of nitrogens with zero attached hydrogens (tertiary/aromatic N) is 1. The minimum Gasteiger partial charge on any atom is -0.441 e. The van der Waals surface area contributed by atoms with Gasteiger partial charge in [-0.15, -0.1) is 0 Å². The molecule has 7 heteroatoms. The summed E-state index contributed by atoms with van der Waals surface area (Å²) in [6.45, 7) is 10.7. The highest BCUT2D eigenvalue weighted by Crippen LogP contribution is 2.37. The molecule has 0 unspecified atom stereocenters. The molecule has 138 valence electrons. The largest absolute Gasteiger partial charge is 0.498 e. The summed E-state index contributed by atoms with van der Waals surface area (Å²) in [5.74, 6) is 0.565. The van der Waals surface area contributed by atoms with Gasteiger partial charge in [-0.2, -0.15) is 0 Å². The fourth-order valence-electron chi connectivity index (χ4n) is 3.28. The smallest absolute Gasteiger partial charge is 0.441 e. The molecule has 4 rings (SSSR count). The number of anilines is 1. The van der Waals surface area contributed by atoms with Crippen LogP contribution < -0.4 is 15.8 Å². The Morgan fingerprint density at radius 2 is 1.69 bits per heavy atom. The Balaban J connectivity index is 1.81. The van der Waals surface area contributed by atoms with Gasteiger partial charge in [0.15, 0.2) is 11.3 Å². The zero-order valence-electron chi connectivity index (χ0n) is 15.7. The summed E-state index contributed by atoms with van der Waals surface area (Å²) in [5, 5.41) is 0.536. The molecule has 0 aliphatic carbocycles. The number of para-hydroxylation sites is 1. The highest BCUT2D eigenvalue weighted by molar-refractivity contribution is 6.64. The number of benzene rings is 1. The predicted octanol–water partition coefficient (Wildman–Crippen LogP) is 1.93. The highest BCUT2D eigenvalue weighted by atomic mass is 16.7. The summed E-state index contributed by atoms with van der Waals surface area (Å²) in [6.07, 6.45) is 0. The molecule has 6 nitrogen and oxygen atoms in total. The van der Waals surface area contributed by atoms with Crippen molar-refractivity contribution < 1.29 is 18.5 Å². The Morgan fingerprint density at radius 1 is 1.04 bits per heavy atom. The molecule has 1 aromatic carbocycles. The van der Waals surface area contributed by atoms with Crippen LogP contribution in [0.2, 0.25) is 0 Å². The van der Waals surface area contributed by atoms with Crippen LogP contribution in [0.5, 0.6) is 0 Å². The maximum Gasteiger partial charge on any atom is 0.498 e. The molecule has 0 spiro atoms. The standard InChI is InChI=1S/C19H24BNO5/c1-18(2)19(3,4)26-20(25-18)14-7-5-6-13-15(22)12-16(24-17(13)14)21-8-10-23-11-9-21/h5-7,12H,8-11H2,1-4H3. The third kappa shape index (κ3) is 2.84. The second kappa shape index (κ2) is 6.11. The molecule has 0 amide bonds. The summed E-state index contributed by atoms with van der Waals surface area (Å²) in [7, 11) is -0.577. The zero-order valence-corrected chi connectivity index (χ0v) is 15.7. The third-order valence-corrected chi connectivity index (χ3v) is 5.60. The Morgan fingerprint density at radius 3 is 2.35 bits per heavy atom. The lowest BCUT2D eigenvalue weighted by Gasteiger charge is -2.32. The second-order valence-corrected chi connectivity index (χ2v) is 7.86. The van der Waals surface area contributed by atoms with Gasteiger partial charge in [0, 0.05) is 24.6 Å². The van der Waals surface area contributed by atoms with Crippen LogP contribution in [0.1, 0.15) is 27.7 Å². The summed E-state index contributed by atoms with van der Waals surface area (Å²) < 4.78 is 23.9. The second-order valence-electron chi connectivity index (χ2n) is 7.86. The number of morpholine rings is 1. The Bertz CT molecular complexity index is 869. The maximum atomic E-state index is 12.7. The van der Waals surface area contributed by atoms with E-state index in [0.717, 1.165) is 5.46 Å². The van der Waals surface area contributed by atoms with Crippen molar-refractivity contribution in [3.05, 3.63) is 34.5 Å². The van der Waals surface area contributed by atoms with Crippen LogP contribution >= 0.6 is 0 Å². The average molecular weight is 357 g/mol. The molecule has 1 aromatic heterocycles. The molecule has 0 radical (unpaired) electrons. The van der Waals surface area contributed by atoms with Gasteiger partial charge in [0.05, 0.1) is 29.8 Å². The van der Waals surface area contributed by atoms with E-state index in [1.54, 1.807) is 12.1 Å². The Hall–Kier alpha value is -1.83. The van der Waals surface area contributed by atoms with Gasteiger partial charge in [-0.05, 0) is 33.8 Å². The van der Waals surface area contributed by atoms with Crippen LogP contribution in [0.15, 0.2) is 33.5 Å². The molecule has 2 aromatic rings. The van der Waals surface area contributed by atoms with Gasteiger partial charge in [-0.1, -0.05) is 12.1 Å². The average Bonchev–Trinajstić information content (AvgIpc) is 2.82. The van der Waals surface area contributed by atoms with Crippen LogP contribution in [0.25, 0.3) is 11.0 Å². The van der Waals surface area contributed by atoms with Crippen molar-refractivity contribution in [2.24, 2.45) is 0 Å². The highest BCUT2D eigenvalue weighted by Gasteiger charge is 2.52. The van der Waals surface area contributed by atoms with Gasteiger partial charge in [0.25, 0.3) is 0 Å². The SMILES string of the molecule is CC1(C)OB(c2cccc3c(=O)cc(N4CCOCC4)oc23)OC1(C)C. The van der Waals surface area contributed by atoms with Gasteiger partial charge < -0.3 is 23.4 Å². The van der Waals surface area contributed by atoms with Crippen molar-refractivity contribution in [2.45, 2.75) is 38.9 Å². The van der Waals surface area contributed by atoms with Crippen molar-refractivity contribution in [2.75, 3.05) is 31.2 Å². The van der Waals surface area contributed by atoms with Crippen molar-refractivity contribution in [1.29, 1.82) is 0 Å². The number of fused-ring (bicyclic) bond motifs is 1. The summed E-state index contributed by atoms with van der Waals surface area (Å²) >= 11 is 0. The lowest BCUT2D eigenvalue weighted by molar-refractivity contribution is 0.00578. The monoisotopic (exact) mass is 357 g/mol. The lowest BCUT2D eigenvalue weighted by atomic mass is 9.78. The first-order valence-electron chi connectivity index (χ1n) is 9.04. The van der Waals surface area contributed by atoms with Gasteiger partial charge in [0.2, 0.25) is 0 Å². The first-order chi connectivity index (χ1) is 12.3. The van der Waals surface area contributed by atoms with Crippen molar-refractivity contribution in [3.8, 4) is 0 Å². The van der Waals surface area contributed by atoms with E-state index in [4.69, 9.17) is 18.5 Å². The minimum absolute atomic E-state index is 0.0638. The fourth-order valence-corrected chi connectivity index (χ4v) is 3.28. The van der Waals surface area contributed by atoms with Gasteiger partial charge >= 0.3 is 7.12 Å². The van der Waals surface area contributed by atoms with E-state index in [1.807, 2.05) is 44.7 Å². The van der Waals surface area contributed by atoms with Crippen LogP contribution in [0, 0.1) is 0 Å². The summed E-state index contributed by atoms with van der Waals surface area (Å²) in [5.41, 5.74) is 0.295. The predicted molar refractivity (Wildman–Crippen MR) is 101 cm³/mol. The minimum atomic E-state index is -0.577. The molecule has 0 saturated carbocycles. The number of hydrogen-bond donors (Lipinski definition) is 0. The molecular weight excluding hydrogens is 333 g/mol. The Labute approximate surface area is 153 Å². The quantitative estimate of drug-likeness (QED) is 0.766. The molecule has 0 N–H and O–H groups in total. The van der Waals surface area contributed by atoms with E-state index in [-0.39, 0.29) is 5.43 Å². The third-order valence-electron chi connectivity index (χ3n) is 5.60. The van der Waals surface area contributed by atoms with Crippen molar-refractivity contribution in [3.63, 3.8) is 0 Å². The van der Waals surface area contributed by atoms with Crippen LogP contribution in [-0.2, 0) is 14.0 Å². The van der Waals surface area contributed by atoms with E-state index < -0.39 is 18.3 Å². The van der Waals surface area contributed by atoms with Crippen LogP contribution in [0.4, 0.5) is 5.88 Å². The maximum absolute atomic E-state index is 12.7. The molecule has 2 aliphatic rings. The number of hydrogen-bond acceptors (Lipinski definition) is 6. The van der Waals surface area contributed by atoms with Crippen LogP contribution in [-0.4, -0.2) is 44.6 Å². The van der Waals surface area contributed by atoms with E-state index in [1.165, 1.54) is 0 Å². The normalized spacial score (nSPS) is 22.2. The summed E-state index contributed by atoms with van der Waals surface area (Å²) in [6, 6.07) is 7.07. The van der Waals surface area contributed by atoms with E-state index >= 15 is 0 Å². The molecule has 3 heterocycles. The molecule has 26 heavy (non-hydrogen) atoms. The topological polar surface area (TPSA) is 61.1 Å². The first-order valence-corrected chi connectivity index (χ1v) is 9.04. The fraction of sp³-hybridized carbons (Fsp3) is 0.526. The van der Waals surface area contributed by atoms with E-state index in [0.29, 0.717) is 43.2 Å². The van der Waals surface area contributed by atoms with E-state index in [9.17, 15) is 4.79 Å².